The Morgan fingerprint density at radius 2 is 1.89 bits per heavy atom. The highest BCUT2D eigenvalue weighted by Gasteiger charge is 2.30. The third-order valence-corrected chi connectivity index (χ3v) is 5.65. The van der Waals surface area contributed by atoms with Gasteiger partial charge in [-0.3, -0.25) is 4.79 Å². The molecule has 0 atom stereocenters. The van der Waals surface area contributed by atoms with Crippen LogP contribution in [0.15, 0.2) is 79.4 Å². The summed E-state index contributed by atoms with van der Waals surface area (Å²) in [5, 5.41) is 3.55. The zero-order valence-electron chi connectivity index (χ0n) is 20.3. The predicted octanol–water partition coefficient (Wildman–Crippen LogP) is 6.18. The molecule has 3 rings (SSSR count). The Kier molecular flexibility index (Phi) is 9.05. The zero-order chi connectivity index (χ0) is 26.1. The van der Waals surface area contributed by atoms with Crippen LogP contribution in [-0.2, 0) is 17.4 Å². The third-order valence-electron chi connectivity index (χ3n) is 5.65. The van der Waals surface area contributed by atoms with Crippen LogP contribution in [0, 0.1) is 0 Å². The molecule has 3 aromatic rings. The number of carbonyl (C=O) groups is 1. The van der Waals surface area contributed by atoms with Crippen LogP contribution < -0.4 is 10.1 Å². The molecule has 0 bridgehead atoms. The Morgan fingerprint density at radius 1 is 1.17 bits per heavy atom. The van der Waals surface area contributed by atoms with Gasteiger partial charge in [0, 0.05) is 17.9 Å². The fraction of sp³-hybridized carbons (Fsp3) is 0.296. The van der Waals surface area contributed by atoms with Crippen molar-refractivity contribution in [3.63, 3.8) is 0 Å². The highest BCUT2D eigenvalue weighted by molar-refractivity contribution is 5.81. The second-order valence-corrected chi connectivity index (χ2v) is 8.10. The maximum absolute atomic E-state index is 12.7. The summed E-state index contributed by atoms with van der Waals surface area (Å²) < 4.78 is 46.1. The van der Waals surface area contributed by atoms with E-state index in [0.29, 0.717) is 23.2 Å². The van der Waals surface area contributed by atoms with Crippen molar-refractivity contribution in [1.29, 1.82) is 0 Å². The van der Waals surface area contributed by atoms with Crippen LogP contribution in [0.3, 0.4) is 0 Å². The smallest absolute Gasteiger partial charge is 0.416 e. The minimum atomic E-state index is -4.41. The number of halogens is 3. The van der Waals surface area contributed by atoms with Crippen molar-refractivity contribution in [3.8, 4) is 5.88 Å². The van der Waals surface area contributed by atoms with Crippen LogP contribution in [0.25, 0.3) is 11.0 Å². The molecule has 6 nitrogen and oxygen atoms in total. The van der Waals surface area contributed by atoms with Crippen LogP contribution >= 0.6 is 0 Å². The molecule has 0 saturated heterocycles. The first-order valence-corrected chi connectivity index (χ1v) is 11.7. The number of aromatic nitrogens is 3. The molecular formula is C27H29F3N4O2. The molecule has 190 valence electrons. The summed E-state index contributed by atoms with van der Waals surface area (Å²) in [7, 11) is 0. The van der Waals surface area contributed by atoms with E-state index in [1.807, 2.05) is 12.3 Å². The number of amides is 1. The summed E-state index contributed by atoms with van der Waals surface area (Å²) in [5.74, 6) is 0.101. The van der Waals surface area contributed by atoms with E-state index in [9.17, 15) is 18.0 Å². The molecule has 0 fully saturated rings. The molecule has 0 saturated carbocycles. The summed E-state index contributed by atoms with van der Waals surface area (Å²) in [6.07, 6.45) is 7.50. The number of rotatable bonds is 11. The molecule has 2 aromatic heterocycles. The number of hydrogen-bond donors (Lipinski definition) is 1. The SMILES string of the molecule is C=C/C=C(\C=C/COc1ncnc2c1ccn2C(CC)CC)NC(=O)Cc1ccc(C(F)(F)F)cc1. The zero-order valence-corrected chi connectivity index (χ0v) is 20.3. The molecule has 2 heterocycles. The average Bonchev–Trinajstić information content (AvgIpc) is 3.27. The third kappa shape index (κ3) is 6.84. The topological polar surface area (TPSA) is 69.0 Å². The molecule has 1 amide bonds. The summed E-state index contributed by atoms with van der Waals surface area (Å²) >= 11 is 0. The van der Waals surface area contributed by atoms with Gasteiger partial charge >= 0.3 is 6.18 Å². The second kappa shape index (κ2) is 12.2. The Labute approximate surface area is 208 Å². The Balaban J connectivity index is 1.60. The number of allylic oxidation sites excluding steroid dienone is 3. The fourth-order valence-corrected chi connectivity index (χ4v) is 3.81. The van der Waals surface area contributed by atoms with E-state index >= 15 is 0 Å². The summed E-state index contributed by atoms with van der Waals surface area (Å²) in [5.41, 5.74) is 1.01. The normalized spacial score (nSPS) is 12.4. The molecule has 1 N–H and O–H groups in total. The maximum Gasteiger partial charge on any atom is 0.416 e. The molecule has 0 unspecified atom stereocenters. The molecule has 0 aliphatic carbocycles. The number of carbonyl (C=O) groups excluding carboxylic acids is 1. The lowest BCUT2D eigenvalue weighted by molar-refractivity contribution is -0.137. The van der Waals surface area contributed by atoms with Gasteiger partial charge in [0.15, 0.2) is 0 Å². The van der Waals surface area contributed by atoms with Gasteiger partial charge in [-0.1, -0.05) is 38.6 Å². The van der Waals surface area contributed by atoms with Crippen molar-refractivity contribution in [3.05, 3.63) is 90.6 Å². The van der Waals surface area contributed by atoms with Gasteiger partial charge in [-0.15, -0.1) is 0 Å². The Morgan fingerprint density at radius 3 is 2.53 bits per heavy atom. The van der Waals surface area contributed by atoms with Gasteiger partial charge in [0.2, 0.25) is 11.8 Å². The Hall–Kier alpha value is -3.88. The summed E-state index contributed by atoms with van der Waals surface area (Å²) in [4.78, 5) is 21.1. The lowest BCUT2D eigenvalue weighted by Crippen LogP contribution is -2.23. The van der Waals surface area contributed by atoms with Crippen LogP contribution in [0.5, 0.6) is 5.88 Å². The monoisotopic (exact) mass is 498 g/mol. The lowest BCUT2D eigenvalue weighted by atomic mass is 10.1. The first-order chi connectivity index (χ1) is 17.3. The van der Waals surface area contributed by atoms with Crippen molar-refractivity contribution in [1.82, 2.24) is 19.9 Å². The number of nitrogens with one attached hydrogen (secondary N) is 1. The summed E-state index contributed by atoms with van der Waals surface area (Å²) in [6, 6.07) is 6.80. The van der Waals surface area contributed by atoms with Crippen LogP contribution in [0.2, 0.25) is 0 Å². The van der Waals surface area contributed by atoms with Gasteiger partial charge in [0.25, 0.3) is 0 Å². The molecule has 9 heteroatoms. The Bertz CT molecular complexity index is 1240. The number of benzene rings is 1. The van der Waals surface area contributed by atoms with E-state index in [1.54, 1.807) is 18.2 Å². The molecule has 36 heavy (non-hydrogen) atoms. The predicted molar refractivity (Wildman–Crippen MR) is 133 cm³/mol. The molecule has 0 spiro atoms. The molecule has 0 aliphatic heterocycles. The van der Waals surface area contributed by atoms with E-state index in [4.69, 9.17) is 4.74 Å². The largest absolute Gasteiger partial charge is 0.473 e. The molecule has 0 radical (unpaired) electrons. The number of hydrogen-bond acceptors (Lipinski definition) is 4. The van der Waals surface area contributed by atoms with E-state index in [2.05, 4.69) is 40.3 Å². The van der Waals surface area contributed by atoms with Gasteiger partial charge in [-0.05, 0) is 54.8 Å². The number of nitrogens with zero attached hydrogens (tertiary/aromatic N) is 3. The minimum Gasteiger partial charge on any atom is -0.473 e. The maximum atomic E-state index is 12.7. The van der Waals surface area contributed by atoms with Gasteiger partial charge < -0.3 is 14.6 Å². The standard InChI is InChI=1S/C27H29F3N4O2/c1-4-8-21(33-24(35)17-19-10-12-20(13-11-19)27(28,29)30)9-7-16-36-26-23-14-15-34(22(5-2)6-3)25(23)31-18-32-26/h4,7-15,18,22H,1,5-6,16-17H2,2-3H3,(H,33,35)/b9-7-,21-8+. The quantitative estimate of drug-likeness (QED) is 0.321. The molecular weight excluding hydrogens is 469 g/mol. The van der Waals surface area contributed by atoms with E-state index in [-0.39, 0.29) is 18.9 Å². The molecule has 1 aromatic carbocycles. The van der Waals surface area contributed by atoms with E-state index in [1.165, 1.54) is 24.5 Å². The lowest BCUT2D eigenvalue weighted by Gasteiger charge is -2.15. The summed E-state index contributed by atoms with van der Waals surface area (Å²) in [6.45, 7) is 8.12. The number of fused-ring (bicyclic) bond motifs is 1. The number of ether oxygens (including phenoxy) is 1. The minimum absolute atomic E-state index is 0.0661. The van der Waals surface area contributed by atoms with Crippen molar-refractivity contribution in [2.45, 2.75) is 45.3 Å². The van der Waals surface area contributed by atoms with Gasteiger partial charge in [0.05, 0.1) is 17.4 Å². The first-order valence-electron chi connectivity index (χ1n) is 11.7. The average molecular weight is 499 g/mol. The van der Waals surface area contributed by atoms with Crippen molar-refractivity contribution >= 4 is 16.9 Å². The molecule has 0 aliphatic rings. The number of alkyl halides is 3. The van der Waals surface area contributed by atoms with Crippen LogP contribution in [0.4, 0.5) is 13.2 Å². The van der Waals surface area contributed by atoms with Gasteiger partial charge in [0.1, 0.15) is 18.6 Å². The van der Waals surface area contributed by atoms with Gasteiger partial charge in [-0.25, -0.2) is 9.97 Å². The van der Waals surface area contributed by atoms with Crippen LogP contribution in [-0.4, -0.2) is 27.0 Å². The highest BCUT2D eigenvalue weighted by atomic mass is 19.4. The van der Waals surface area contributed by atoms with E-state index in [0.717, 1.165) is 36.0 Å². The highest BCUT2D eigenvalue weighted by Crippen LogP contribution is 2.29. The first kappa shape index (κ1) is 26.7. The van der Waals surface area contributed by atoms with Crippen molar-refractivity contribution in [2.24, 2.45) is 0 Å². The van der Waals surface area contributed by atoms with Crippen molar-refractivity contribution < 1.29 is 22.7 Å². The second-order valence-electron chi connectivity index (χ2n) is 8.10. The van der Waals surface area contributed by atoms with Gasteiger partial charge in [-0.2, -0.15) is 13.2 Å². The fourth-order valence-electron chi connectivity index (χ4n) is 3.81. The van der Waals surface area contributed by atoms with Crippen LogP contribution in [0.1, 0.15) is 43.9 Å². The van der Waals surface area contributed by atoms with Crippen molar-refractivity contribution in [2.75, 3.05) is 6.61 Å². The van der Waals surface area contributed by atoms with E-state index < -0.39 is 11.7 Å².